The van der Waals surface area contributed by atoms with Gasteiger partial charge < -0.3 is 5.32 Å². The molecule has 0 amide bonds. The van der Waals surface area contributed by atoms with Crippen molar-refractivity contribution in [2.45, 2.75) is 26.4 Å². The molecule has 1 saturated heterocycles. The average Bonchev–Trinajstić information content (AvgIpc) is 2.80. The van der Waals surface area contributed by atoms with Crippen LogP contribution in [0.4, 0.5) is 19.0 Å². The van der Waals surface area contributed by atoms with E-state index < -0.39 is 12.7 Å². The van der Waals surface area contributed by atoms with E-state index in [1.807, 2.05) is 13.8 Å². The van der Waals surface area contributed by atoms with Crippen LogP contribution in [0.1, 0.15) is 17.5 Å². The lowest BCUT2D eigenvalue weighted by atomic mass is 10.1. The third-order valence-corrected chi connectivity index (χ3v) is 4.16. The molecular weight excluding hydrogens is 305 g/mol. The highest BCUT2D eigenvalue weighted by Gasteiger charge is 2.34. The number of alkyl halides is 3. The molecule has 0 radical (unpaired) electrons. The Bertz CT molecular complexity index is 507. The maximum Gasteiger partial charge on any atom is 0.401 e. The van der Waals surface area contributed by atoms with Crippen LogP contribution in [-0.2, 0) is 0 Å². The summed E-state index contributed by atoms with van der Waals surface area (Å²) in [6.07, 6.45) is -3.38. The van der Waals surface area contributed by atoms with E-state index in [1.165, 1.54) is 4.90 Å². The minimum Gasteiger partial charge on any atom is -0.368 e. The number of rotatable bonds is 4. The Morgan fingerprint density at radius 2 is 2.00 bits per heavy atom. The summed E-state index contributed by atoms with van der Waals surface area (Å²) in [4.78, 5) is 1.44. The van der Waals surface area contributed by atoms with Crippen LogP contribution in [0.15, 0.2) is 0 Å². The molecule has 0 aliphatic carbocycles. The second-order valence-electron chi connectivity index (χ2n) is 5.48. The number of hydrogen-bond acceptors (Lipinski definition) is 4. The zero-order chi connectivity index (χ0) is 15.6. The molecule has 1 aliphatic heterocycles. The first-order valence-electron chi connectivity index (χ1n) is 6.78. The second-order valence-corrected chi connectivity index (χ2v) is 5.83. The number of aromatic nitrogens is 2. The summed E-state index contributed by atoms with van der Waals surface area (Å²) in [5, 5.41) is 11.4. The summed E-state index contributed by atoms with van der Waals surface area (Å²) >= 11 is 5.88. The van der Waals surface area contributed by atoms with Crippen LogP contribution in [0.25, 0.3) is 0 Å². The predicted octanol–water partition coefficient (Wildman–Crippen LogP) is 3.04. The molecule has 118 valence electrons. The van der Waals surface area contributed by atoms with Gasteiger partial charge in [-0.1, -0.05) is 11.6 Å². The molecule has 0 aromatic carbocycles. The van der Waals surface area contributed by atoms with Gasteiger partial charge in [-0.05, 0) is 43.9 Å². The lowest BCUT2D eigenvalue weighted by Crippen LogP contribution is -2.33. The molecule has 8 heteroatoms. The summed E-state index contributed by atoms with van der Waals surface area (Å²) < 4.78 is 37.0. The van der Waals surface area contributed by atoms with Crippen molar-refractivity contribution in [1.29, 1.82) is 0 Å². The van der Waals surface area contributed by atoms with E-state index in [-0.39, 0.29) is 5.92 Å². The van der Waals surface area contributed by atoms with E-state index in [2.05, 4.69) is 15.5 Å². The fourth-order valence-corrected chi connectivity index (χ4v) is 2.64. The van der Waals surface area contributed by atoms with Gasteiger partial charge in [0.15, 0.2) is 11.0 Å². The van der Waals surface area contributed by atoms with Gasteiger partial charge in [0, 0.05) is 13.1 Å². The van der Waals surface area contributed by atoms with E-state index in [1.54, 1.807) is 0 Å². The highest BCUT2D eigenvalue weighted by atomic mass is 35.5. The summed E-state index contributed by atoms with van der Waals surface area (Å²) in [5.74, 6) is 0.829. The Labute approximate surface area is 126 Å². The molecule has 4 nitrogen and oxygen atoms in total. The first-order valence-corrected chi connectivity index (χ1v) is 7.16. The third-order valence-electron chi connectivity index (χ3n) is 3.80. The van der Waals surface area contributed by atoms with E-state index in [9.17, 15) is 13.2 Å². The van der Waals surface area contributed by atoms with Gasteiger partial charge in [0.25, 0.3) is 0 Å². The number of nitrogens with one attached hydrogen (secondary N) is 1. The van der Waals surface area contributed by atoms with Gasteiger partial charge in [-0.15, -0.1) is 10.2 Å². The average molecular weight is 323 g/mol. The van der Waals surface area contributed by atoms with Crippen molar-refractivity contribution < 1.29 is 13.2 Å². The van der Waals surface area contributed by atoms with Crippen LogP contribution in [0.2, 0.25) is 5.15 Å². The summed E-state index contributed by atoms with van der Waals surface area (Å²) in [7, 11) is 0. The summed E-state index contributed by atoms with van der Waals surface area (Å²) in [5.41, 5.74) is 1.78. The Balaban J connectivity index is 1.86. The van der Waals surface area contributed by atoms with Gasteiger partial charge in [0.2, 0.25) is 0 Å². The van der Waals surface area contributed by atoms with Gasteiger partial charge in [-0.25, -0.2) is 0 Å². The number of nitrogens with zero attached hydrogens (tertiary/aromatic N) is 3. The van der Waals surface area contributed by atoms with Crippen LogP contribution in [0.5, 0.6) is 0 Å². The molecule has 0 spiro atoms. The molecular formula is C13H18ClF3N4. The molecule has 1 N–H and O–H groups in total. The Hall–Kier alpha value is -1.08. The fourth-order valence-electron chi connectivity index (χ4n) is 2.46. The van der Waals surface area contributed by atoms with Crippen LogP contribution in [0.3, 0.4) is 0 Å². The molecule has 1 unspecified atom stereocenters. The first-order chi connectivity index (χ1) is 9.76. The van der Waals surface area contributed by atoms with Gasteiger partial charge in [0.05, 0.1) is 6.54 Å². The molecule has 2 rings (SSSR count). The maximum absolute atomic E-state index is 12.3. The van der Waals surface area contributed by atoms with Gasteiger partial charge in [0.1, 0.15) is 0 Å². The topological polar surface area (TPSA) is 41.1 Å². The van der Waals surface area contributed by atoms with Gasteiger partial charge >= 0.3 is 6.18 Å². The standard InChI is InChI=1S/C13H18ClF3N4/c1-8-9(2)12(20-19-11(8)14)18-5-10-3-4-21(6-10)7-13(15,16)17/h10H,3-7H2,1-2H3,(H,18,20). The lowest BCUT2D eigenvalue weighted by molar-refractivity contribution is -0.143. The highest BCUT2D eigenvalue weighted by Crippen LogP contribution is 2.24. The van der Waals surface area contributed by atoms with Gasteiger partial charge in [-0.2, -0.15) is 13.2 Å². The van der Waals surface area contributed by atoms with Crippen LogP contribution >= 0.6 is 11.6 Å². The van der Waals surface area contributed by atoms with Crippen molar-refractivity contribution in [2.75, 3.05) is 31.5 Å². The minimum atomic E-state index is -4.13. The zero-order valence-electron chi connectivity index (χ0n) is 12.0. The quantitative estimate of drug-likeness (QED) is 0.925. The van der Waals surface area contributed by atoms with Crippen molar-refractivity contribution in [3.8, 4) is 0 Å². The molecule has 1 fully saturated rings. The highest BCUT2D eigenvalue weighted by molar-refractivity contribution is 6.30. The minimum absolute atomic E-state index is 0.185. The molecule has 0 bridgehead atoms. The Morgan fingerprint density at radius 3 is 2.67 bits per heavy atom. The first kappa shape index (κ1) is 16.3. The number of anilines is 1. The SMILES string of the molecule is Cc1c(Cl)nnc(NCC2CCN(CC(F)(F)F)C2)c1C. The molecule has 2 heterocycles. The largest absolute Gasteiger partial charge is 0.401 e. The molecule has 1 atom stereocenters. The third kappa shape index (κ3) is 4.44. The molecule has 1 aliphatic rings. The molecule has 21 heavy (non-hydrogen) atoms. The van der Waals surface area contributed by atoms with Crippen molar-refractivity contribution >= 4 is 17.4 Å². The van der Waals surface area contributed by atoms with Crippen molar-refractivity contribution in [2.24, 2.45) is 5.92 Å². The van der Waals surface area contributed by atoms with E-state index in [0.29, 0.717) is 30.6 Å². The normalized spacial score (nSPS) is 20.0. The maximum atomic E-state index is 12.3. The Kier molecular flexibility index (Phi) is 4.93. The number of likely N-dealkylation sites (tertiary alicyclic amines) is 1. The second kappa shape index (κ2) is 6.36. The zero-order valence-corrected chi connectivity index (χ0v) is 12.7. The van der Waals surface area contributed by atoms with Gasteiger partial charge in [-0.3, -0.25) is 4.90 Å². The van der Waals surface area contributed by atoms with E-state index in [4.69, 9.17) is 11.6 Å². The number of halogens is 4. The van der Waals surface area contributed by atoms with Crippen molar-refractivity contribution in [3.05, 3.63) is 16.3 Å². The van der Waals surface area contributed by atoms with Crippen LogP contribution in [0, 0.1) is 19.8 Å². The van der Waals surface area contributed by atoms with Crippen molar-refractivity contribution in [3.63, 3.8) is 0 Å². The van der Waals surface area contributed by atoms with Crippen molar-refractivity contribution in [1.82, 2.24) is 15.1 Å². The summed E-state index contributed by atoms with van der Waals surface area (Å²) in [6, 6.07) is 0. The molecule has 1 aromatic heterocycles. The van der Waals surface area contributed by atoms with E-state index >= 15 is 0 Å². The molecule has 0 saturated carbocycles. The monoisotopic (exact) mass is 322 g/mol. The Morgan fingerprint density at radius 1 is 1.29 bits per heavy atom. The predicted molar refractivity (Wildman–Crippen MR) is 75.6 cm³/mol. The molecule has 1 aromatic rings. The number of hydrogen-bond donors (Lipinski definition) is 1. The van der Waals surface area contributed by atoms with E-state index in [0.717, 1.165) is 17.5 Å². The van der Waals surface area contributed by atoms with Crippen LogP contribution < -0.4 is 5.32 Å². The fraction of sp³-hybridized carbons (Fsp3) is 0.692. The summed E-state index contributed by atoms with van der Waals surface area (Å²) in [6.45, 7) is 4.44. The smallest absolute Gasteiger partial charge is 0.368 e. The lowest BCUT2D eigenvalue weighted by Gasteiger charge is -2.18. The van der Waals surface area contributed by atoms with Crippen LogP contribution in [-0.4, -0.2) is 47.5 Å².